The van der Waals surface area contributed by atoms with E-state index < -0.39 is 35.3 Å². The maximum absolute atomic E-state index is 12.7. The molecule has 678 valence electrons. The number of carbonyl (C=O) groups is 8. The van der Waals surface area contributed by atoms with Crippen molar-refractivity contribution < 1.29 is 95.8 Å². The number of Topliss-reactive ketones (excluding diaryl/α,β-unsaturated/α-hetero) is 2. The third-order valence-electron chi connectivity index (χ3n) is 18.9. The SMILES string of the molecule is CC(=O)C1=NCc2ccc(OCc3ccccc3)cc21.CC(=O)c1nn(C(=O)OC(C)(C)C)c2ccc(OCc3ccccc3)cc12.CCOC.COC(=O)CBr.CON(C)C(=O)C1=NCc2ccc(OCc3ccccc3)cc21.CON(C)C(=O)c1nn(C(=O)OC(C)(C)C)c2ccc(OCc3ccccc3)cc12.O=C(O)C1=NCc2ccc(OCc3ccccc3)cc21. The number of nitrogens with zero attached hydrogens (tertiary/aromatic N) is 9. The number of esters is 1. The molecular formula is C100H106BrN9O20. The Kier molecular flexibility index (Phi) is 37.1. The number of halogens is 1. The molecule has 0 atom stereocenters. The van der Waals surface area contributed by atoms with Gasteiger partial charge in [0.05, 0.1) is 52.0 Å². The van der Waals surface area contributed by atoms with Crippen LogP contribution in [0, 0.1) is 0 Å². The van der Waals surface area contributed by atoms with Gasteiger partial charge in [-0.25, -0.2) is 24.5 Å². The molecule has 0 spiro atoms. The average molecular weight is 1830 g/mol. The van der Waals surface area contributed by atoms with Crippen molar-refractivity contribution in [2.24, 2.45) is 15.0 Å². The normalized spacial score (nSPS) is 11.7. The molecule has 2 amide bonds. The Hall–Kier alpha value is -14.3. The van der Waals surface area contributed by atoms with Crippen LogP contribution < -0.4 is 23.7 Å². The van der Waals surface area contributed by atoms with Crippen molar-refractivity contribution in [3.8, 4) is 28.7 Å². The quantitative estimate of drug-likeness (QED) is 0.0193. The first-order valence-corrected chi connectivity index (χ1v) is 42.4. The number of fused-ring (bicyclic) bond motifs is 5. The number of carboxylic acid groups (broad SMARTS) is 1. The number of methoxy groups -OCH3 is 2. The van der Waals surface area contributed by atoms with Gasteiger partial charge in [-0.3, -0.25) is 48.6 Å². The molecule has 0 saturated heterocycles. The van der Waals surface area contributed by atoms with E-state index in [9.17, 15) is 38.4 Å². The topological polar surface area (TPSA) is 338 Å². The lowest BCUT2D eigenvalue weighted by Crippen LogP contribution is -2.32. The Morgan fingerprint density at radius 3 is 1.00 bits per heavy atom. The van der Waals surface area contributed by atoms with Crippen LogP contribution in [0.25, 0.3) is 21.8 Å². The van der Waals surface area contributed by atoms with Crippen molar-refractivity contribution in [2.75, 3.05) is 54.5 Å². The summed E-state index contributed by atoms with van der Waals surface area (Å²) in [5, 5.41) is 21.0. The Morgan fingerprint density at radius 1 is 0.400 bits per heavy atom. The monoisotopic (exact) mass is 1830 g/mol. The highest BCUT2D eigenvalue weighted by Gasteiger charge is 2.30. The molecule has 0 aliphatic carbocycles. The van der Waals surface area contributed by atoms with Gasteiger partial charge in [-0.05, 0) is 166 Å². The summed E-state index contributed by atoms with van der Waals surface area (Å²) in [7, 11) is 8.89. The second-order valence-electron chi connectivity index (χ2n) is 30.8. The van der Waals surface area contributed by atoms with Crippen LogP contribution >= 0.6 is 15.9 Å². The number of ketones is 2. The highest BCUT2D eigenvalue weighted by Crippen LogP contribution is 2.32. The summed E-state index contributed by atoms with van der Waals surface area (Å²) in [5.74, 6) is 1.06. The largest absolute Gasteiger partial charge is 0.489 e. The smallest absolute Gasteiger partial charge is 0.435 e. The van der Waals surface area contributed by atoms with Crippen molar-refractivity contribution in [1.29, 1.82) is 0 Å². The molecule has 29 nitrogen and oxygen atoms in total. The lowest BCUT2D eigenvalue weighted by molar-refractivity contribution is -0.160. The molecule has 0 radical (unpaired) electrons. The molecule has 0 saturated carbocycles. The lowest BCUT2D eigenvalue weighted by atomic mass is 10.0. The Balaban J connectivity index is 0.000000179. The van der Waals surface area contributed by atoms with Crippen molar-refractivity contribution in [3.05, 3.63) is 315 Å². The van der Waals surface area contributed by atoms with Crippen LogP contribution in [-0.4, -0.2) is 165 Å². The number of likely N-dealkylation sites (N-methyl/N-ethyl adjacent to an activating group) is 1. The van der Waals surface area contributed by atoms with Gasteiger partial charge in [0.25, 0.3) is 11.8 Å². The van der Waals surface area contributed by atoms with Gasteiger partial charge in [0.1, 0.15) is 95.4 Å². The van der Waals surface area contributed by atoms with Crippen molar-refractivity contribution in [2.45, 2.75) is 126 Å². The van der Waals surface area contributed by atoms with Gasteiger partial charge in [-0.1, -0.05) is 186 Å². The molecule has 5 heterocycles. The molecule has 0 fully saturated rings. The summed E-state index contributed by atoms with van der Waals surface area (Å²) in [6.45, 7) is 20.1. The number of hydrogen-bond donors (Lipinski definition) is 1. The lowest BCUT2D eigenvalue weighted by Gasteiger charge is -2.19. The van der Waals surface area contributed by atoms with E-state index in [-0.39, 0.29) is 45.9 Å². The summed E-state index contributed by atoms with van der Waals surface area (Å²) in [4.78, 5) is 117. The van der Waals surface area contributed by atoms with Gasteiger partial charge in [0.2, 0.25) is 0 Å². The first-order valence-electron chi connectivity index (χ1n) is 41.2. The Bertz CT molecular complexity index is 5840. The number of hydrogen-bond acceptors (Lipinski definition) is 24. The van der Waals surface area contributed by atoms with E-state index >= 15 is 0 Å². The number of aromatic nitrogens is 4. The Morgan fingerprint density at radius 2 is 0.700 bits per heavy atom. The predicted molar refractivity (Wildman–Crippen MR) is 497 cm³/mol. The Labute approximate surface area is 763 Å². The summed E-state index contributed by atoms with van der Waals surface area (Å²) >= 11 is 2.90. The molecule has 3 aliphatic rings. The van der Waals surface area contributed by atoms with Gasteiger partial charge < -0.3 is 47.7 Å². The van der Waals surface area contributed by atoms with Crippen LogP contribution in [0.2, 0.25) is 0 Å². The van der Waals surface area contributed by atoms with E-state index in [0.29, 0.717) is 109 Å². The van der Waals surface area contributed by atoms with Crippen molar-refractivity contribution in [1.82, 2.24) is 29.7 Å². The number of amides is 2. The second-order valence-corrected chi connectivity index (χ2v) is 31.4. The van der Waals surface area contributed by atoms with Gasteiger partial charge >= 0.3 is 24.1 Å². The zero-order valence-corrected chi connectivity index (χ0v) is 76.9. The van der Waals surface area contributed by atoms with E-state index in [0.717, 1.165) is 88.2 Å². The number of benzene rings is 10. The highest BCUT2D eigenvalue weighted by molar-refractivity contribution is 9.09. The third-order valence-corrected chi connectivity index (χ3v) is 19.4. The fourth-order valence-electron chi connectivity index (χ4n) is 12.3. The first-order chi connectivity index (χ1) is 62.3. The zero-order chi connectivity index (χ0) is 94.0. The standard InChI is InChI=1S/C22H25N3O5.C21H22N2O4.C18H18N2O3.C17H15NO2.C16H13NO3.C3H5BrO2.C3H8O/c1-22(2,3)30-21(27)25-18-12-11-16(29-14-15-9-7-6-8-10-15)13-17(18)19(23-25)20(26)24(4)28-5;1-14(24)19-17-12-16(26-13-15-8-6-5-7-9-15)10-11-18(17)23(22-19)20(25)27-21(2,3)4;1-20(22-2)18(21)17-16-10-15(9-8-14(16)11-19-17)23-12-13-6-4-3-5-7-13;1-12(19)17-16-9-15(8-7-14(16)10-18-17)20-11-13-5-3-2-4-6-13;18-16(19)15-14-8-13(7-6-12(14)9-17-15)20-10-11-4-2-1-3-5-11;1-6-3(5)2-4;1-3-4-2/h6-13H,14H2,1-5H3;5-12H,13H2,1-4H3;3-10H,11-12H2,1-2H3;2-9H,10-11H2,1H3;1-8H,9-10H2,(H,18,19);2H2,1H3;3H2,1-2H3. The number of hydroxylamine groups is 4. The fraction of sp³-hybridized carbons (Fsp3) is 0.270. The summed E-state index contributed by atoms with van der Waals surface area (Å²) < 4.78 is 50.7. The number of rotatable bonds is 24. The van der Waals surface area contributed by atoms with Gasteiger partial charge in [-0.15, -0.1) is 0 Å². The maximum Gasteiger partial charge on any atom is 0.435 e. The highest BCUT2D eigenvalue weighted by atomic mass is 79.9. The third kappa shape index (κ3) is 29.4. The molecule has 10 aromatic carbocycles. The number of aliphatic carboxylic acids is 1. The molecule has 3 aliphatic heterocycles. The predicted octanol–water partition coefficient (Wildman–Crippen LogP) is 18.2. The number of carbonyl (C=O) groups excluding carboxylic acids is 7. The van der Waals surface area contributed by atoms with Gasteiger partial charge in [0, 0.05) is 69.1 Å². The maximum atomic E-state index is 12.7. The number of ether oxygens (including phenoxy) is 9. The minimum atomic E-state index is -0.996. The molecule has 30 heteroatoms. The van der Waals surface area contributed by atoms with Crippen LogP contribution in [0.15, 0.2) is 258 Å². The molecule has 130 heavy (non-hydrogen) atoms. The van der Waals surface area contributed by atoms with Crippen LogP contribution in [-0.2, 0) is 100 Å². The summed E-state index contributed by atoms with van der Waals surface area (Å²) in [6.07, 6.45) is -1.30. The van der Waals surface area contributed by atoms with Crippen LogP contribution in [0.5, 0.6) is 28.7 Å². The molecule has 1 N–H and O–H groups in total. The minimum absolute atomic E-state index is 0.00367. The molecule has 2 aromatic heterocycles. The van der Waals surface area contributed by atoms with Crippen LogP contribution in [0.1, 0.15) is 144 Å². The second kappa shape index (κ2) is 48.6. The molecule has 15 rings (SSSR count). The van der Waals surface area contributed by atoms with Gasteiger partial charge in [-0.2, -0.15) is 19.6 Å². The molecule has 0 unspecified atom stereocenters. The van der Waals surface area contributed by atoms with Crippen molar-refractivity contribution in [3.63, 3.8) is 0 Å². The van der Waals surface area contributed by atoms with E-state index in [1.54, 1.807) is 105 Å². The number of carboxylic acids is 1. The van der Waals surface area contributed by atoms with E-state index in [1.807, 2.05) is 207 Å². The van der Waals surface area contributed by atoms with E-state index in [2.05, 4.69) is 50.6 Å². The van der Waals surface area contributed by atoms with E-state index in [1.165, 1.54) is 40.4 Å². The number of alkyl halides is 1. The molecule has 0 bridgehead atoms. The first kappa shape index (κ1) is 99.4. The molecule has 12 aromatic rings. The zero-order valence-electron chi connectivity index (χ0n) is 75.3. The summed E-state index contributed by atoms with van der Waals surface area (Å²) in [6, 6.07) is 76.6. The van der Waals surface area contributed by atoms with Crippen molar-refractivity contribution >= 4 is 102 Å². The minimum Gasteiger partial charge on any atom is -0.489 e. The van der Waals surface area contributed by atoms with E-state index in [4.69, 9.17) is 47.9 Å². The fourth-order valence-corrected chi connectivity index (χ4v) is 12.6. The van der Waals surface area contributed by atoms with Gasteiger partial charge in [0.15, 0.2) is 23.0 Å². The van der Waals surface area contributed by atoms with Crippen LogP contribution in [0.4, 0.5) is 9.59 Å². The van der Waals surface area contributed by atoms with Crippen LogP contribution in [0.3, 0.4) is 0 Å². The average Bonchev–Trinajstić information content (AvgIpc) is 1.63. The number of aliphatic imine (C=N–C) groups is 3. The molecular weight excluding hydrogens is 1730 g/mol. The summed E-state index contributed by atoms with van der Waals surface area (Å²) in [5.41, 5.74) is 11.7.